The number of amides is 1. The molecule has 3 heterocycles. The minimum atomic E-state index is -0.249. The van der Waals surface area contributed by atoms with Gasteiger partial charge in [-0.05, 0) is 25.1 Å². The second-order valence-electron chi connectivity index (χ2n) is 7.00. The van der Waals surface area contributed by atoms with Crippen LogP contribution in [-0.2, 0) is 0 Å². The lowest BCUT2D eigenvalue weighted by molar-refractivity contribution is 0.102. The summed E-state index contributed by atoms with van der Waals surface area (Å²) < 4.78 is 1.95. The van der Waals surface area contributed by atoms with Gasteiger partial charge in [0, 0.05) is 34.8 Å². The Morgan fingerprint density at radius 2 is 1.71 bits per heavy atom. The number of anilines is 1. The van der Waals surface area contributed by atoms with Crippen LogP contribution >= 0.6 is 11.3 Å². The molecule has 0 radical (unpaired) electrons. The molecule has 2 aromatic carbocycles. The second-order valence-corrected chi connectivity index (χ2v) is 7.98. The Morgan fingerprint density at radius 3 is 2.39 bits per heavy atom. The van der Waals surface area contributed by atoms with Gasteiger partial charge >= 0.3 is 0 Å². The number of carbonyl (C=O) groups excluding carboxylic acids is 1. The number of hydrogen-bond donors (Lipinski definition) is 2. The largest absolute Gasteiger partial charge is 0.321 e. The molecule has 0 aliphatic heterocycles. The van der Waals surface area contributed by atoms with Gasteiger partial charge in [-0.3, -0.25) is 14.0 Å². The quantitative estimate of drug-likeness (QED) is 0.445. The molecule has 0 saturated heterocycles. The normalized spacial score (nSPS) is 11.0. The number of aromatic amines is 1. The van der Waals surface area contributed by atoms with Crippen molar-refractivity contribution in [3.63, 3.8) is 0 Å². The first-order valence-corrected chi connectivity index (χ1v) is 10.4. The van der Waals surface area contributed by atoms with Gasteiger partial charge in [-0.2, -0.15) is 5.10 Å². The summed E-state index contributed by atoms with van der Waals surface area (Å²) >= 11 is 1.36. The third-order valence-corrected chi connectivity index (χ3v) is 6.11. The molecule has 2 N–H and O–H groups in total. The number of thiazole rings is 1. The van der Waals surface area contributed by atoms with Crippen LogP contribution in [0.4, 0.5) is 5.69 Å². The third-order valence-electron chi connectivity index (χ3n) is 4.95. The van der Waals surface area contributed by atoms with E-state index in [-0.39, 0.29) is 11.5 Å². The zero-order valence-electron chi connectivity index (χ0n) is 16.5. The maximum atomic E-state index is 12.9. The van der Waals surface area contributed by atoms with E-state index >= 15 is 0 Å². The average Bonchev–Trinajstić information content (AvgIpc) is 3.35. The Labute approximate surface area is 181 Å². The predicted octanol–water partition coefficient (Wildman–Crippen LogP) is 4.37. The number of imidazole rings is 1. The highest BCUT2D eigenvalue weighted by molar-refractivity contribution is 7.19. The molecule has 152 valence electrons. The first kappa shape index (κ1) is 19.0. The van der Waals surface area contributed by atoms with Gasteiger partial charge in [-0.15, -0.1) is 0 Å². The summed E-state index contributed by atoms with van der Waals surface area (Å²) in [6, 6.07) is 20.3. The molecule has 8 heteroatoms. The van der Waals surface area contributed by atoms with Crippen LogP contribution in [0.15, 0.2) is 77.7 Å². The van der Waals surface area contributed by atoms with Crippen molar-refractivity contribution in [2.24, 2.45) is 0 Å². The minimum absolute atomic E-state index is 0.177. The van der Waals surface area contributed by atoms with Crippen LogP contribution in [0.3, 0.4) is 0 Å². The summed E-state index contributed by atoms with van der Waals surface area (Å²) in [7, 11) is 0. The fourth-order valence-electron chi connectivity index (χ4n) is 3.33. The highest BCUT2D eigenvalue weighted by Gasteiger charge is 2.18. The summed E-state index contributed by atoms with van der Waals surface area (Å²) in [4.78, 5) is 30.1. The SMILES string of the molecule is Cc1c(C(=O)Nc2ccc(-c3ccc(=O)[nH]n3)cc2)sc2nc(-c3ccccc3)cn12. The highest BCUT2D eigenvalue weighted by Crippen LogP contribution is 2.28. The van der Waals surface area contributed by atoms with E-state index in [4.69, 9.17) is 0 Å². The van der Waals surface area contributed by atoms with E-state index in [0.29, 0.717) is 16.3 Å². The Balaban J connectivity index is 1.36. The smallest absolute Gasteiger partial charge is 0.267 e. The molecular formula is C23H17N5O2S. The Morgan fingerprint density at radius 1 is 0.968 bits per heavy atom. The summed E-state index contributed by atoms with van der Waals surface area (Å²) in [6.07, 6.45) is 1.96. The molecule has 0 saturated carbocycles. The molecule has 3 aromatic heterocycles. The molecule has 0 spiro atoms. The number of hydrogen-bond acceptors (Lipinski definition) is 5. The van der Waals surface area contributed by atoms with E-state index in [1.165, 1.54) is 17.4 Å². The molecule has 0 atom stereocenters. The Hall–Kier alpha value is -4.04. The number of nitrogens with one attached hydrogen (secondary N) is 2. The van der Waals surface area contributed by atoms with Crippen molar-refractivity contribution in [1.29, 1.82) is 0 Å². The van der Waals surface area contributed by atoms with Crippen LogP contribution < -0.4 is 10.9 Å². The van der Waals surface area contributed by atoms with Gasteiger partial charge in [0.05, 0.1) is 11.4 Å². The summed E-state index contributed by atoms with van der Waals surface area (Å²) in [5, 5.41) is 9.36. The highest BCUT2D eigenvalue weighted by atomic mass is 32.1. The first-order valence-electron chi connectivity index (χ1n) is 9.60. The molecule has 5 aromatic rings. The zero-order chi connectivity index (χ0) is 21.4. The average molecular weight is 427 g/mol. The van der Waals surface area contributed by atoms with Crippen LogP contribution in [0.25, 0.3) is 27.5 Å². The number of rotatable bonds is 4. The Kier molecular flexibility index (Phi) is 4.68. The van der Waals surface area contributed by atoms with Gasteiger partial charge in [0.15, 0.2) is 4.96 Å². The summed E-state index contributed by atoms with van der Waals surface area (Å²) in [6.45, 7) is 1.92. The van der Waals surface area contributed by atoms with Crippen molar-refractivity contribution in [1.82, 2.24) is 19.6 Å². The fourth-order valence-corrected chi connectivity index (χ4v) is 4.33. The molecule has 0 bridgehead atoms. The van der Waals surface area contributed by atoms with Gasteiger partial charge < -0.3 is 5.32 Å². The van der Waals surface area contributed by atoms with Gasteiger partial charge in [0.2, 0.25) is 0 Å². The van der Waals surface area contributed by atoms with Gasteiger partial charge in [0.1, 0.15) is 4.88 Å². The molecule has 0 unspecified atom stereocenters. The van der Waals surface area contributed by atoms with Gasteiger partial charge in [-0.1, -0.05) is 53.8 Å². The number of benzene rings is 2. The predicted molar refractivity (Wildman–Crippen MR) is 121 cm³/mol. The number of nitrogens with zero attached hydrogens (tertiary/aromatic N) is 3. The van der Waals surface area contributed by atoms with Crippen molar-refractivity contribution in [3.8, 4) is 22.5 Å². The van der Waals surface area contributed by atoms with E-state index in [0.717, 1.165) is 27.5 Å². The zero-order valence-corrected chi connectivity index (χ0v) is 17.3. The molecule has 0 aliphatic rings. The maximum Gasteiger partial charge on any atom is 0.267 e. The fraction of sp³-hybridized carbons (Fsp3) is 0.0435. The minimum Gasteiger partial charge on any atom is -0.321 e. The number of carbonyl (C=O) groups is 1. The second kappa shape index (κ2) is 7.66. The Bertz CT molecular complexity index is 1430. The maximum absolute atomic E-state index is 12.9. The molecule has 1 amide bonds. The molecule has 31 heavy (non-hydrogen) atoms. The number of aromatic nitrogens is 4. The van der Waals surface area contributed by atoms with E-state index in [9.17, 15) is 9.59 Å². The lowest BCUT2D eigenvalue weighted by Crippen LogP contribution is -2.11. The topological polar surface area (TPSA) is 92.1 Å². The van der Waals surface area contributed by atoms with Crippen LogP contribution in [-0.4, -0.2) is 25.5 Å². The summed E-state index contributed by atoms with van der Waals surface area (Å²) in [5.74, 6) is -0.177. The number of fused-ring (bicyclic) bond motifs is 1. The molecule has 5 rings (SSSR count). The molecule has 0 aliphatic carbocycles. The standard InChI is InChI=1S/C23H17N5O2S/c1-14-21(31-23-25-19(13-28(14)23)15-5-3-2-4-6-15)22(30)24-17-9-7-16(8-10-17)18-11-12-20(29)27-26-18/h2-13H,1H3,(H,24,30)(H,27,29). The van der Waals surface area contributed by atoms with Crippen molar-refractivity contribution in [2.75, 3.05) is 5.32 Å². The monoisotopic (exact) mass is 427 g/mol. The van der Waals surface area contributed by atoms with Crippen LogP contribution in [0.5, 0.6) is 0 Å². The molecular weight excluding hydrogens is 410 g/mol. The lowest BCUT2D eigenvalue weighted by atomic mass is 10.1. The summed E-state index contributed by atoms with van der Waals surface area (Å²) in [5.41, 5.74) is 4.70. The van der Waals surface area contributed by atoms with E-state index in [1.54, 1.807) is 6.07 Å². The molecule has 7 nitrogen and oxygen atoms in total. The molecule has 0 fully saturated rings. The van der Waals surface area contributed by atoms with E-state index < -0.39 is 0 Å². The lowest BCUT2D eigenvalue weighted by Gasteiger charge is -2.06. The first-order chi connectivity index (χ1) is 15.1. The van der Waals surface area contributed by atoms with Gasteiger partial charge in [0.25, 0.3) is 11.5 Å². The van der Waals surface area contributed by atoms with Crippen molar-refractivity contribution < 1.29 is 4.79 Å². The van der Waals surface area contributed by atoms with Gasteiger partial charge in [-0.25, -0.2) is 10.1 Å². The third kappa shape index (κ3) is 3.64. The van der Waals surface area contributed by atoms with Crippen LogP contribution in [0, 0.1) is 6.92 Å². The number of H-pyrrole nitrogens is 1. The van der Waals surface area contributed by atoms with E-state index in [2.05, 4.69) is 20.5 Å². The van der Waals surface area contributed by atoms with Crippen molar-refractivity contribution in [2.45, 2.75) is 6.92 Å². The van der Waals surface area contributed by atoms with Crippen molar-refractivity contribution in [3.05, 3.63) is 93.9 Å². The van der Waals surface area contributed by atoms with Crippen molar-refractivity contribution >= 4 is 27.9 Å². The number of aryl methyl sites for hydroxylation is 1. The van der Waals surface area contributed by atoms with Crippen LogP contribution in [0.2, 0.25) is 0 Å². The van der Waals surface area contributed by atoms with E-state index in [1.807, 2.05) is 72.1 Å². The van der Waals surface area contributed by atoms with Crippen LogP contribution in [0.1, 0.15) is 15.4 Å².